The Balaban J connectivity index is 1.94. The SMILES string of the molecule is CC(=Cc1ccc(CCl)cc1)C(=O)OCC1CO1. The zero-order valence-corrected chi connectivity index (χ0v) is 10.9. The largest absolute Gasteiger partial charge is 0.459 e. The van der Waals surface area contributed by atoms with Gasteiger partial charge in [-0.05, 0) is 24.1 Å². The molecule has 96 valence electrons. The lowest BCUT2D eigenvalue weighted by Gasteiger charge is -2.03. The second-order valence-electron chi connectivity index (χ2n) is 4.26. The Labute approximate surface area is 111 Å². The predicted molar refractivity (Wildman–Crippen MR) is 70.3 cm³/mol. The molecule has 1 heterocycles. The third-order valence-electron chi connectivity index (χ3n) is 2.64. The van der Waals surface area contributed by atoms with E-state index in [1.165, 1.54) is 0 Å². The van der Waals surface area contributed by atoms with E-state index in [-0.39, 0.29) is 12.1 Å². The molecule has 1 unspecified atom stereocenters. The number of alkyl halides is 1. The molecule has 4 heteroatoms. The van der Waals surface area contributed by atoms with E-state index in [0.717, 1.165) is 11.1 Å². The molecule has 1 aromatic carbocycles. The van der Waals surface area contributed by atoms with E-state index in [1.807, 2.05) is 24.3 Å². The molecule has 0 amide bonds. The quantitative estimate of drug-likeness (QED) is 0.356. The standard InChI is InChI=1S/C14H15ClO3/c1-10(14(16)18-9-13-8-17-13)6-11-2-4-12(7-15)5-3-11/h2-6,13H,7-9H2,1H3. The van der Waals surface area contributed by atoms with Crippen molar-refractivity contribution in [1.82, 2.24) is 0 Å². The Morgan fingerprint density at radius 3 is 2.72 bits per heavy atom. The van der Waals surface area contributed by atoms with Gasteiger partial charge in [-0.25, -0.2) is 4.79 Å². The van der Waals surface area contributed by atoms with E-state index in [0.29, 0.717) is 24.7 Å². The first-order chi connectivity index (χ1) is 8.69. The first kappa shape index (κ1) is 13.1. The molecule has 1 aliphatic heterocycles. The number of benzene rings is 1. The lowest BCUT2D eigenvalue weighted by molar-refractivity contribution is -0.139. The van der Waals surface area contributed by atoms with Crippen molar-refractivity contribution in [2.45, 2.75) is 18.9 Å². The van der Waals surface area contributed by atoms with Gasteiger partial charge in [-0.2, -0.15) is 0 Å². The summed E-state index contributed by atoms with van der Waals surface area (Å²) in [5, 5.41) is 0. The second kappa shape index (κ2) is 6.03. The van der Waals surface area contributed by atoms with Crippen LogP contribution in [0.15, 0.2) is 29.8 Å². The Bertz CT molecular complexity index is 447. The number of carbonyl (C=O) groups excluding carboxylic acids is 1. The molecule has 3 nitrogen and oxygen atoms in total. The molecule has 2 rings (SSSR count). The highest BCUT2D eigenvalue weighted by molar-refractivity contribution is 6.17. The zero-order chi connectivity index (χ0) is 13.0. The molecule has 18 heavy (non-hydrogen) atoms. The number of ether oxygens (including phenoxy) is 2. The van der Waals surface area contributed by atoms with Gasteiger partial charge in [0.1, 0.15) is 12.7 Å². The Kier molecular flexibility index (Phi) is 4.39. The van der Waals surface area contributed by atoms with Gasteiger partial charge < -0.3 is 9.47 Å². The highest BCUT2D eigenvalue weighted by atomic mass is 35.5. The molecule has 0 saturated carbocycles. The van der Waals surface area contributed by atoms with Gasteiger partial charge in [-0.3, -0.25) is 0 Å². The monoisotopic (exact) mass is 266 g/mol. The number of rotatable bonds is 5. The molecule has 1 atom stereocenters. The van der Waals surface area contributed by atoms with Crippen molar-refractivity contribution in [2.75, 3.05) is 13.2 Å². The Hall–Kier alpha value is -1.32. The normalized spacial score (nSPS) is 18.6. The van der Waals surface area contributed by atoms with Crippen molar-refractivity contribution in [3.05, 3.63) is 41.0 Å². The van der Waals surface area contributed by atoms with Crippen LogP contribution in [0.2, 0.25) is 0 Å². The second-order valence-corrected chi connectivity index (χ2v) is 4.52. The fraction of sp³-hybridized carbons (Fsp3) is 0.357. The summed E-state index contributed by atoms with van der Waals surface area (Å²) in [7, 11) is 0. The van der Waals surface area contributed by atoms with Crippen LogP contribution in [-0.2, 0) is 20.1 Å². The maximum Gasteiger partial charge on any atom is 0.333 e. The van der Waals surface area contributed by atoms with Crippen molar-refractivity contribution < 1.29 is 14.3 Å². The first-order valence-corrected chi connectivity index (χ1v) is 6.34. The zero-order valence-electron chi connectivity index (χ0n) is 10.2. The van der Waals surface area contributed by atoms with E-state index in [2.05, 4.69) is 0 Å². The number of esters is 1. The highest BCUT2D eigenvalue weighted by Crippen LogP contribution is 2.13. The Morgan fingerprint density at radius 2 is 2.17 bits per heavy atom. The van der Waals surface area contributed by atoms with Crippen LogP contribution in [0.5, 0.6) is 0 Å². The minimum Gasteiger partial charge on any atom is -0.459 e. The van der Waals surface area contributed by atoms with Crippen LogP contribution in [0.3, 0.4) is 0 Å². The molecule has 0 spiro atoms. The lowest BCUT2D eigenvalue weighted by Crippen LogP contribution is -2.10. The van der Waals surface area contributed by atoms with Crippen LogP contribution >= 0.6 is 11.6 Å². The van der Waals surface area contributed by atoms with E-state index in [4.69, 9.17) is 21.1 Å². The summed E-state index contributed by atoms with van der Waals surface area (Å²) in [6.07, 6.45) is 1.90. The maximum atomic E-state index is 11.6. The van der Waals surface area contributed by atoms with Crippen LogP contribution < -0.4 is 0 Å². The van der Waals surface area contributed by atoms with Crippen LogP contribution in [0.4, 0.5) is 0 Å². The van der Waals surface area contributed by atoms with Crippen molar-refractivity contribution in [3.8, 4) is 0 Å². The summed E-state index contributed by atoms with van der Waals surface area (Å²) in [5.41, 5.74) is 2.59. The number of hydrogen-bond acceptors (Lipinski definition) is 3. The summed E-state index contributed by atoms with van der Waals surface area (Å²) >= 11 is 5.71. The van der Waals surface area contributed by atoms with Crippen molar-refractivity contribution in [2.24, 2.45) is 0 Å². The molecule has 0 aliphatic carbocycles. The van der Waals surface area contributed by atoms with Gasteiger partial charge >= 0.3 is 5.97 Å². The molecule has 0 radical (unpaired) electrons. The van der Waals surface area contributed by atoms with Gasteiger partial charge in [0.2, 0.25) is 0 Å². The van der Waals surface area contributed by atoms with Crippen molar-refractivity contribution in [1.29, 1.82) is 0 Å². The first-order valence-electron chi connectivity index (χ1n) is 5.81. The van der Waals surface area contributed by atoms with Gasteiger partial charge in [-0.15, -0.1) is 11.6 Å². The number of epoxide rings is 1. The average molecular weight is 267 g/mol. The molecular formula is C14H15ClO3. The van der Waals surface area contributed by atoms with E-state index >= 15 is 0 Å². The highest BCUT2D eigenvalue weighted by Gasteiger charge is 2.24. The fourth-order valence-corrected chi connectivity index (χ4v) is 1.64. The summed E-state index contributed by atoms with van der Waals surface area (Å²) in [6, 6.07) is 7.74. The van der Waals surface area contributed by atoms with Crippen LogP contribution in [0.1, 0.15) is 18.1 Å². The summed E-state index contributed by atoms with van der Waals surface area (Å²) < 4.78 is 10.1. The minimum absolute atomic E-state index is 0.102. The van der Waals surface area contributed by atoms with E-state index in [9.17, 15) is 4.79 Å². The third-order valence-corrected chi connectivity index (χ3v) is 2.95. The van der Waals surface area contributed by atoms with Crippen LogP contribution in [0.25, 0.3) is 6.08 Å². The Morgan fingerprint density at radius 1 is 1.50 bits per heavy atom. The summed E-state index contributed by atoms with van der Waals surface area (Å²) in [4.78, 5) is 11.6. The molecule has 0 aromatic heterocycles. The molecule has 1 aromatic rings. The molecule has 1 aliphatic rings. The molecule has 0 N–H and O–H groups in total. The van der Waals surface area contributed by atoms with Crippen LogP contribution in [-0.4, -0.2) is 25.3 Å². The maximum absolute atomic E-state index is 11.6. The van der Waals surface area contributed by atoms with Gasteiger partial charge in [-0.1, -0.05) is 24.3 Å². The smallest absolute Gasteiger partial charge is 0.333 e. The predicted octanol–water partition coefficient (Wildman–Crippen LogP) is 2.77. The van der Waals surface area contributed by atoms with Gasteiger partial charge in [0.05, 0.1) is 6.61 Å². The van der Waals surface area contributed by atoms with E-state index < -0.39 is 0 Å². The summed E-state index contributed by atoms with van der Waals surface area (Å²) in [5.74, 6) is 0.193. The molecule has 1 fully saturated rings. The topological polar surface area (TPSA) is 38.8 Å². The molecule has 1 saturated heterocycles. The summed E-state index contributed by atoms with van der Waals surface area (Å²) in [6.45, 7) is 2.77. The van der Waals surface area contributed by atoms with Gasteiger partial charge in [0.15, 0.2) is 0 Å². The van der Waals surface area contributed by atoms with Crippen molar-refractivity contribution in [3.63, 3.8) is 0 Å². The number of hydrogen-bond donors (Lipinski definition) is 0. The van der Waals surface area contributed by atoms with E-state index in [1.54, 1.807) is 13.0 Å². The minimum atomic E-state index is -0.299. The third kappa shape index (κ3) is 3.86. The van der Waals surface area contributed by atoms with Crippen molar-refractivity contribution >= 4 is 23.6 Å². The number of carbonyl (C=O) groups is 1. The molecule has 0 bridgehead atoms. The lowest BCUT2D eigenvalue weighted by atomic mass is 10.1. The fourth-order valence-electron chi connectivity index (χ4n) is 1.46. The number of halogens is 1. The average Bonchev–Trinajstić information content (AvgIpc) is 3.21. The molecular weight excluding hydrogens is 252 g/mol. The van der Waals surface area contributed by atoms with Gasteiger partial charge in [0, 0.05) is 11.5 Å². The van der Waals surface area contributed by atoms with Crippen LogP contribution in [0, 0.1) is 0 Å². The van der Waals surface area contributed by atoms with Gasteiger partial charge in [0.25, 0.3) is 0 Å².